The number of carbonyl (C=O) groups excluding carboxylic acids is 1. The maximum atomic E-state index is 12.5. The molecule has 32 heavy (non-hydrogen) atoms. The van der Waals surface area contributed by atoms with Gasteiger partial charge in [-0.2, -0.15) is 5.26 Å². The number of nitriles is 1. The summed E-state index contributed by atoms with van der Waals surface area (Å²) < 4.78 is 7.18. The van der Waals surface area contributed by atoms with Crippen molar-refractivity contribution < 1.29 is 9.53 Å². The van der Waals surface area contributed by atoms with Gasteiger partial charge in [0.1, 0.15) is 24.0 Å². The second kappa shape index (κ2) is 11.2. The number of hydrogen-bond acceptors (Lipinski definition) is 3. The summed E-state index contributed by atoms with van der Waals surface area (Å²) in [7, 11) is 0. The average molecular weight is 616 g/mol. The molecular formula is C23H13Br2Cl3N2O2. The van der Waals surface area contributed by atoms with Crippen LogP contribution in [0.1, 0.15) is 11.1 Å². The van der Waals surface area contributed by atoms with Crippen LogP contribution in [0.15, 0.2) is 69.1 Å². The van der Waals surface area contributed by atoms with Crippen molar-refractivity contribution in [1.29, 1.82) is 5.26 Å². The Morgan fingerprint density at radius 3 is 2.31 bits per heavy atom. The molecule has 0 aliphatic heterocycles. The fourth-order valence-corrected chi connectivity index (χ4v) is 4.61. The third kappa shape index (κ3) is 6.28. The SMILES string of the molecule is N#C/C(=C\c1cc(Br)c(OCc2ccc(Cl)c(Cl)c2)c(Br)c1)C(=O)Nc1ccccc1Cl. The Balaban J connectivity index is 1.78. The fraction of sp³-hybridized carbons (Fsp3) is 0.0435. The molecule has 0 bridgehead atoms. The molecule has 162 valence electrons. The van der Waals surface area contributed by atoms with Crippen molar-refractivity contribution in [2.75, 3.05) is 5.32 Å². The number of para-hydroxylation sites is 1. The quantitative estimate of drug-likeness (QED) is 0.224. The highest BCUT2D eigenvalue weighted by Gasteiger charge is 2.14. The molecule has 9 heteroatoms. The van der Waals surface area contributed by atoms with Gasteiger partial charge < -0.3 is 10.1 Å². The third-order valence-corrected chi connectivity index (χ3v) is 6.43. The number of halogens is 5. The Morgan fingerprint density at radius 1 is 1.00 bits per heavy atom. The first-order valence-corrected chi connectivity index (χ1v) is 11.7. The van der Waals surface area contributed by atoms with Gasteiger partial charge in [-0.3, -0.25) is 4.79 Å². The van der Waals surface area contributed by atoms with Crippen LogP contribution in [0.3, 0.4) is 0 Å². The molecule has 3 aromatic carbocycles. The highest BCUT2D eigenvalue weighted by atomic mass is 79.9. The van der Waals surface area contributed by atoms with Crippen LogP contribution >= 0.6 is 66.7 Å². The van der Waals surface area contributed by atoms with Gasteiger partial charge in [0.05, 0.1) is 29.7 Å². The second-order valence-electron chi connectivity index (χ2n) is 6.45. The highest BCUT2D eigenvalue weighted by Crippen LogP contribution is 2.36. The smallest absolute Gasteiger partial charge is 0.266 e. The van der Waals surface area contributed by atoms with Crippen LogP contribution in [-0.4, -0.2) is 5.91 Å². The summed E-state index contributed by atoms with van der Waals surface area (Å²) in [4.78, 5) is 12.5. The van der Waals surface area contributed by atoms with Crippen LogP contribution < -0.4 is 10.1 Å². The van der Waals surface area contributed by atoms with Gasteiger partial charge in [0.2, 0.25) is 0 Å². The van der Waals surface area contributed by atoms with Gasteiger partial charge >= 0.3 is 0 Å². The Morgan fingerprint density at radius 2 is 1.69 bits per heavy atom. The van der Waals surface area contributed by atoms with E-state index in [9.17, 15) is 10.1 Å². The summed E-state index contributed by atoms with van der Waals surface area (Å²) in [6.45, 7) is 0.271. The molecule has 0 radical (unpaired) electrons. The molecule has 4 nitrogen and oxygen atoms in total. The van der Waals surface area contributed by atoms with E-state index < -0.39 is 5.91 Å². The van der Waals surface area contributed by atoms with Gasteiger partial charge in [-0.25, -0.2) is 0 Å². The number of ether oxygens (including phenoxy) is 1. The normalized spacial score (nSPS) is 11.1. The topological polar surface area (TPSA) is 62.1 Å². The number of benzene rings is 3. The molecule has 0 unspecified atom stereocenters. The first-order valence-electron chi connectivity index (χ1n) is 9.02. The number of amides is 1. The van der Waals surface area contributed by atoms with E-state index in [2.05, 4.69) is 37.2 Å². The van der Waals surface area contributed by atoms with Crippen LogP contribution in [0.25, 0.3) is 6.08 Å². The van der Waals surface area contributed by atoms with E-state index in [1.165, 1.54) is 6.08 Å². The lowest BCUT2D eigenvalue weighted by Gasteiger charge is -2.12. The van der Waals surface area contributed by atoms with E-state index in [1.54, 1.807) is 48.5 Å². The molecule has 0 aliphatic rings. The zero-order valence-corrected chi connectivity index (χ0v) is 21.6. The van der Waals surface area contributed by atoms with Crippen molar-refractivity contribution >= 4 is 84.3 Å². The number of nitrogens with one attached hydrogen (secondary N) is 1. The molecule has 0 atom stereocenters. The number of nitrogens with zero attached hydrogens (tertiary/aromatic N) is 1. The van der Waals surface area contributed by atoms with E-state index in [0.717, 1.165) is 5.56 Å². The number of rotatable bonds is 6. The molecule has 0 aliphatic carbocycles. The summed E-state index contributed by atoms with van der Waals surface area (Å²) >= 11 is 25.0. The molecule has 0 saturated heterocycles. The molecule has 0 aromatic heterocycles. The second-order valence-corrected chi connectivity index (χ2v) is 9.38. The highest BCUT2D eigenvalue weighted by molar-refractivity contribution is 9.11. The molecule has 1 amide bonds. The molecule has 0 saturated carbocycles. The third-order valence-electron chi connectivity index (χ3n) is 4.19. The van der Waals surface area contributed by atoms with E-state index >= 15 is 0 Å². The van der Waals surface area contributed by atoms with Crippen LogP contribution in [0.2, 0.25) is 15.1 Å². The van der Waals surface area contributed by atoms with Crippen LogP contribution in [0.5, 0.6) is 5.75 Å². The zero-order valence-electron chi connectivity index (χ0n) is 16.1. The molecule has 0 fully saturated rings. The Bertz CT molecular complexity index is 1230. The Hall–Kier alpha value is -2.01. The summed E-state index contributed by atoms with van der Waals surface area (Å²) in [5.74, 6) is 0.0000347. The maximum absolute atomic E-state index is 12.5. The van der Waals surface area contributed by atoms with E-state index in [0.29, 0.717) is 41.0 Å². The van der Waals surface area contributed by atoms with E-state index in [-0.39, 0.29) is 12.2 Å². The lowest BCUT2D eigenvalue weighted by Crippen LogP contribution is -2.13. The van der Waals surface area contributed by atoms with Gasteiger partial charge in [-0.05, 0) is 85.5 Å². The monoisotopic (exact) mass is 612 g/mol. The Kier molecular flexibility index (Phi) is 8.64. The molecular weight excluding hydrogens is 602 g/mol. The lowest BCUT2D eigenvalue weighted by atomic mass is 10.1. The summed E-state index contributed by atoms with van der Waals surface area (Å²) in [5.41, 5.74) is 1.82. The molecule has 1 N–H and O–H groups in total. The van der Waals surface area contributed by atoms with Crippen molar-refractivity contribution in [3.05, 3.63) is 95.3 Å². The van der Waals surface area contributed by atoms with Gasteiger partial charge in [0, 0.05) is 0 Å². The lowest BCUT2D eigenvalue weighted by molar-refractivity contribution is -0.112. The van der Waals surface area contributed by atoms with Crippen LogP contribution in [-0.2, 0) is 11.4 Å². The van der Waals surface area contributed by atoms with Gasteiger partial charge in [0.25, 0.3) is 5.91 Å². The van der Waals surface area contributed by atoms with Gasteiger partial charge in [0.15, 0.2) is 0 Å². The van der Waals surface area contributed by atoms with Crippen LogP contribution in [0.4, 0.5) is 5.69 Å². The van der Waals surface area contributed by atoms with Crippen molar-refractivity contribution in [3.63, 3.8) is 0 Å². The minimum absolute atomic E-state index is 0.0757. The number of carbonyl (C=O) groups is 1. The predicted octanol–water partition coefficient (Wildman–Crippen LogP) is 8.30. The number of anilines is 1. The predicted molar refractivity (Wildman–Crippen MR) is 136 cm³/mol. The summed E-state index contributed by atoms with van der Waals surface area (Å²) in [5, 5.41) is 13.4. The largest absolute Gasteiger partial charge is 0.487 e. The Labute approximate surface area is 217 Å². The van der Waals surface area contributed by atoms with Gasteiger partial charge in [-0.15, -0.1) is 0 Å². The summed E-state index contributed by atoms with van der Waals surface area (Å²) in [6, 6.07) is 17.5. The minimum Gasteiger partial charge on any atom is -0.487 e. The maximum Gasteiger partial charge on any atom is 0.266 e. The zero-order chi connectivity index (χ0) is 23.3. The fourth-order valence-electron chi connectivity index (χ4n) is 2.65. The molecule has 0 heterocycles. The van der Waals surface area contributed by atoms with Crippen molar-refractivity contribution in [2.24, 2.45) is 0 Å². The average Bonchev–Trinajstić information content (AvgIpc) is 2.75. The van der Waals surface area contributed by atoms with Crippen molar-refractivity contribution in [2.45, 2.75) is 6.61 Å². The van der Waals surface area contributed by atoms with E-state index in [1.807, 2.05) is 12.1 Å². The number of hydrogen-bond donors (Lipinski definition) is 1. The van der Waals surface area contributed by atoms with Gasteiger partial charge in [-0.1, -0.05) is 53.0 Å². The first kappa shape index (κ1) is 24.6. The van der Waals surface area contributed by atoms with Crippen molar-refractivity contribution in [1.82, 2.24) is 0 Å². The molecule has 3 rings (SSSR count). The van der Waals surface area contributed by atoms with Crippen LogP contribution in [0, 0.1) is 11.3 Å². The van der Waals surface area contributed by atoms with E-state index in [4.69, 9.17) is 39.5 Å². The standard InChI is InChI=1S/C23H13Br2Cl3N2O2/c24-16-8-14(7-15(11-29)23(31)30-21-4-2-1-3-19(21)27)9-17(25)22(16)32-12-13-5-6-18(26)20(28)10-13/h1-10H,12H2,(H,30,31)/b15-7+. The van der Waals surface area contributed by atoms with Crippen molar-refractivity contribution in [3.8, 4) is 11.8 Å². The molecule has 3 aromatic rings. The summed E-state index contributed by atoms with van der Waals surface area (Å²) in [6.07, 6.45) is 1.48. The first-order chi connectivity index (χ1) is 15.3. The molecule has 0 spiro atoms. The minimum atomic E-state index is -0.562.